The number of benzene rings is 1. The number of aryl methyl sites for hydroxylation is 1. The number of likely N-dealkylation sites (N-methyl/N-ethyl adjacent to an activating group) is 1. The SMILES string of the molecule is CC(=O)O.CN(Cc1cc2ccccc2n1C)C(=O)/C=C/c1cnc2c(c1)C[N-]C(=O)N2.[Na+]. The Morgan fingerprint density at radius 3 is 2.70 bits per heavy atom. The molecule has 3 aromatic rings. The van der Waals surface area contributed by atoms with Crippen molar-refractivity contribution in [3.8, 4) is 0 Å². The Morgan fingerprint density at radius 2 is 2.00 bits per heavy atom. The van der Waals surface area contributed by atoms with Crippen molar-refractivity contribution in [2.45, 2.75) is 20.0 Å². The van der Waals surface area contributed by atoms with E-state index in [1.807, 2.05) is 25.2 Å². The van der Waals surface area contributed by atoms with Gasteiger partial charge in [0, 0.05) is 44.5 Å². The van der Waals surface area contributed by atoms with Gasteiger partial charge in [-0.3, -0.25) is 19.4 Å². The molecule has 0 saturated carbocycles. The number of pyridine rings is 1. The number of aliphatic carboxylic acids is 1. The van der Waals surface area contributed by atoms with Crippen molar-refractivity contribution in [3.63, 3.8) is 0 Å². The third-order valence-corrected chi connectivity index (χ3v) is 4.85. The molecule has 33 heavy (non-hydrogen) atoms. The summed E-state index contributed by atoms with van der Waals surface area (Å²) < 4.78 is 2.11. The van der Waals surface area contributed by atoms with Crippen LogP contribution in [0.3, 0.4) is 0 Å². The van der Waals surface area contributed by atoms with Crippen molar-refractivity contribution in [1.82, 2.24) is 14.5 Å². The van der Waals surface area contributed by atoms with E-state index in [1.54, 1.807) is 24.2 Å². The molecule has 0 atom stereocenters. The number of aromatic nitrogens is 2. The molecular weight excluding hydrogens is 433 g/mol. The van der Waals surface area contributed by atoms with Crippen molar-refractivity contribution >= 4 is 40.7 Å². The first-order valence-corrected chi connectivity index (χ1v) is 9.88. The summed E-state index contributed by atoms with van der Waals surface area (Å²) in [5.74, 6) is -0.405. The molecule has 3 heterocycles. The molecule has 1 aromatic carbocycles. The summed E-state index contributed by atoms with van der Waals surface area (Å²) in [5, 5.41) is 15.0. The van der Waals surface area contributed by atoms with Gasteiger partial charge in [0.15, 0.2) is 6.03 Å². The minimum absolute atomic E-state index is 0. The van der Waals surface area contributed by atoms with Crippen molar-refractivity contribution in [3.05, 3.63) is 70.8 Å². The van der Waals surface area contributed by atoms with E-state index in [-0.39, 0.29) is 41.5 Å². The molecule has 0 aliphatic carbocycles. The molecule has 9 nitrogen and oxygen atoms in total. The Kier molecular flexibility index (Phi) is 9.22. The van der Waals surface area contributed by atoms with E-state index in [0.29, 0.717) is 18.9 Å². The van der Waals surface area contributed by atoms with Crippen molar-refractivity contribution < 1.29 is 49.0 Å². The van der Waals surface area contributed by atoms with Gasteiger partial charge in [0.25, 0.3) is 5.97 Å². The minimum atomic E-state index is -0.833. The van der Waals surface area contributed by atoms with E-state index in [0.717, 1.165) is 34.6 Å². The van der Waals surface area contributed by atoms with Gasteiger partial charge in [-0.2, -0.15) is 0 Å². The summed E-state index contributed by atoms with van der Waals surface area (Å²) in [6.07, 6.45) is 4.88. The van der Waals surface area contributed by atoms with Gasteiger partial charge in [0.1, 0.15) is 0 Å². The predicted octanol–water partition coefficient (Wildman–Crippen LogP) is 0.759. The molecule has 0 radical (unpaired) electrons. The molecule has 2 aromatic heterocycles. The van der Waals surface area contributed by atoms with Gasteiger partial charge in [-0.05, 0) is 47.3 Å². The maximum absolute atomic E-state index is 12.5. The van der Waals surface area contributed by atoms with Gasteiger partial charge in [0.2, 0.25) is 5.91 Å². The number of nitrogens with zero attached hydrogens (tertiary/aromatic N) is 4. The zero-order valence-electron chi connectivity index (χ0n) is 19.1. The predicted molar refractivity (Wildman–Crippen MR) is 122 cm³/mol. The van der Waals surface area contributed by atoms with Gasteiger partial charge >= 0.3 is 29.6 Å². The number of para-hydroxylation sites is 1. The van der Waals surface area contributed by atoms with Gasteiger partial charge < -0.3 is 25.2 Å². The number of carboxylic acid groups (broad SMARTS) is 1. The topological polar surface area (TPSA) is 119 Å². The first kappa shape index (κ1) is 26.1. The number of fused-ring (bicyclic) bond motifs is 2. The van der Waals surface area contributed by atoms with Crippen LogP contribution >= 0.6 is 0 Å². The number of urea groups is 1. The van der Waals surface area contributed by atoms with Crippen LogP contribution in [0.15, 0.2) is 48.7 Å². The van der Waals surface area contributed by atoms with Crippen molar-refractivity contribution in [2.75, 3.05) is 12.4 Å². The van der Waals surface area contributed by atoms with Crippen molar-refractivity contribution in [2.24, 2.45) is 7.05 Å². The third-order valence-electron chi connectivity index (χ3n) is 4.85. The quantitative estimate of drug-likeness (QED) is 0.443. The average molecular weight is 457 g/mol. The number of carboxylic acids is 1. The maximum atomic E-state index is 12.5. The zero-order valence-corrected chi connectivity index (χ0v) is 21.1. The summed E-state index contributed by atoms with van der Waals surface area (Å²) in [5.41, 5.74) is 3.83. The van der Waals surface area contributed by atoms with Crippen LogP contribution in [0.1, 0.15) is 23.7 Å². The number of rotatable bonds is 4. The second kappa shape index (κ2) is 11.6. The summed E-state index contributed by atoms with van der Waals surface area (Å²) in [4.78, 5) is 38.7. The number of carbonyl (C=O) groups excluding carboxylic acids is 2. The van der Waals surface area contributed by atoms with Crippen LogP contribution < -0.4 is 34.9 Å². The van der Waals surface area contributed by atoms with Crippen LogP contribution in [0.2, 0.25) is 0 Å². The average Bonchev–Trinajstić information content (AvgIpc) is 3.07. The standard InChI is InChI=1S/C21H21N5O2.C2H4O2.Na/c1-25(13-17-10-15-5-3-4-6-18(15)26(17)2)19(27)8-7-14-9-16-12-23-21(28)24-20(16)22-11-14;1-2(3)4;/h3-11H,12-13H2,1-2H3,(H2,22,23,24,27,28);1H3,(H,3,4);/q;;+1/p-1. The molecule has 0 unspecified atom stereocenters. The largest absolute Gasteiger partial charge is 1.00 e. The molecule has 0 saturated heterocycles. The Hall–Kier alpha value is -3.14. The Labute approximate surface area is 213 Å². The van der Waals surface area contributed by atoms with Crippen molar-refractivity contribution in [1.29, 1.82) is 0 Å². The number of hydrogen-bond acceptors (Lipinski definition) is 4. The minimum Gasteiger partial charge on any atom is -0.481 e. The van der Waals surface area contributed by atoms with E-state index >= 15 is 0 Å². The number of amides is 3. The van der Waals surface area contributed by atoms with E-state index in [2.05, 4.69) is 38.4 Å². The Bertz CT molecular complexity index is 1200. The molecule has 1 aliphatic heterocycles. The number of anilines is 1. The normalized spacial score (nSPS) is 12.0. The van der Waals surface area contributed by atoms with Crippen LogP contribution in [0, 0.1) is 0 Å². The van der Waals surface area contributed by atoms with E-state index in [4.69, 9.17) is 9.90 Å². The van der Waals surface area contributed by atoms with Gasteiger partial charge in [-0.1, -0.05) is 18.2 Å². The van der Waals surface area contributed by atoms with E-state index in [1.165, 1.54) is 6.08 Å². The van der Waals surface area contributed by atoms with E-state index in [9.17, 15) is 9.59 Å². The number of hydrogen-bond donors (Lipinski definition) is 2. The number of nitrogens with one attached hydrogen (secondary N) is 1. The molecule has 0 spiro atoms. The molecule has 3 amide bonds. The summed E-state index contributed by atoms with van der Waals surface area (Å²) in [6.45, 7) is 1.90. The maximum Gasteiger partial charge on any atom is 1.00 e. The smallest absolute Gasteiger partial charge is 0.481 e. The van der Waals surface area contributed by atoms with E-state index < -0.39 is 5.97 Å². The van der Waals surface area contributed by atoms with Gasteiger partial charge in [-0.25, -0.2) is 0 Å². The first-order valence-electron chi connectivity index (χ1n) is 9.88. The fraction of sp³-hybridized carbons (Fsp3) is 0.217. The molecule has 4 rings (SSSR count). The third kappa shape index (κ3) is 6.92. The fourth-order valence-corrected chi connectivity index (χ4v) is 3.26. The fourth-order valence-electron chi connectivity index (χ4n) is 3.26. The van der Waals surface area contributed by atoms with Gasteiger partial charge in [-0.15, -0.1) is 0 Å². The van der Waals surface area contributed by atoms with Crippen LogP contribution in [0.25, 0.3) is 22.3 Å². The molecule has 0 fully saturated rings. The van der Waals surface area contributed by atoms with Crippen LogP contribution in [-0.2, 0) is 29.7 Å². The second-order valence-corrected chi connectivity index (χ2v) is 7.32. The van der Waals surface area contributed by atoms with Crippen LogP contribution in [0.4, 0.5) is 10.6 Å². The van der Waals surface area contributed by atoms with Crippen LogP contribution in [-0.4, -0.2) is 44.5 Å². The monoisotopic (exact) mass is 457 g/mol. The Balaban J connectivity index is 0.000000714. The molecule has 2 N–H and O–H groups in total. The second-order valence-electron chi connectivity index (χ2n) is 7.32. The van der Waals surface area contributed by atoms with Crippen LogP contribution in [0.5, 0.6) is 0 Å². The summed E-state index contributed by atoms with van der Waals surface area (Å²) in [7, 11) is 3.79. The molecule has 166 valence electrons. The first-order chi connectivity index (χ1) is 15.2. The molecule has 1 aliphatic rings. The van der Waals surface area contributed by atoms with Gasteiger partial charge in [0.05, 0.1) is 12.4 Å². The summed E-state index contributed by atoms with van der Waals surface area (Å²) in [6, 6.07) is 11.8. The zero-order chi connectivity index (χ0) is 23.3. The number of carbonyl (C=O) groups is 3. The Morgan fingerprint density at radius 1 is 1.30 bits per heavy atom. The summed E-state index contributed by atoms with van der Waals surface area (Å²) >= 11 is 0. The molecule has 0 bridgehead atoms. The molecular formula is C23H24N5NaO4. The molecule has 10 heteroatoms.